The predicted molar refractivity (Wildman–Crippen MR) is 60.0 cm³/mol. The number of carbonyl (C=O) groups is 1. The summed E-state index contributed by atoms with van der Waals surface area (Å²) in [5.41, 5.74) is 4.65. The van der Waals surface area contributed by atoms with Gasteiger partial charge < -0.3 is 15.8 Å². The van der Waals surface area contributed by atoms with Gasteiger partial charge >= 0.3 is 0 Å². The smallest absolute Gasteiger partial charge is 0.232 e. The molecular formula is C9H18N2O2S. The van der Waals surface area contributed by atoms with E-state index in [9.17, 15) is 4.79 Å². The average Bonchev–Trinajstić information content (AvgIpc) is 2.12. The van der Waals surface area contributed by atoms with Crippen molar-refractivity contribution in [2.75, 3.05) is 13.7 Å². The van der Waals surface area contributed by atoms with E-state index in [2.05, 4.69) is 5.32 Å². The number of amides is 1. The maximum absolute atomic E-state index is 11.6. The van der Waals surface area contributed by atoms with Crippen LogP contribution in [0, 0.1) is 5.41 Å². The highest BCUT2D eigenvalue weighted by Crippen LogP contribution is 2.15. The van der Waals surface area contributed by atoms with Gasteiger partial charge in [0.25, 0.3) is 0 Å². The van der Waals surface area contributed by atoms with E-state index in [0.717, 1.165) is 0 Å². The summed E-state index contributed by atoms with van der Waals surface area (Å²) in [4.78, 5) is 11.8. The fourth-order valence-corrected chi connectivity index (χ4v) is 0.745. The van der Waals surface area contributed by atoms with E-state index in [-0.39, 0.29) is 17.0 Å². The van der Waals surface area contributed by atoms with Crippen molar-refractivity contribution in [2.45, 2.75) is 26.9 Å². The standard InChI is InChI=1S/C9H18N2O2S/c1-6(13-4)5-11-8(12)9(2,3)7(10)14/h6H,5H2,1-4H3,(H2,10,14)(H,11,12). The summed E-state index contributed by atoms with van der Waals surface area (Å²) >= 11 is 4.80. The maximum Gasteiger partial charge on any atom is 0.232 e. The van der Waals surface area contributed by atoms with Gasteiger partial charge in [0.05, 0.1) is 16.5 Å². The van der Waals surface area contributed by atoms with E-state index < -0.39 is 5.41 Å². The van der Waals surface area contributed by atoms with Gasteiger partial charge in [0, 0.05) is 13.7 Å². The van der Waals surface area contributed by atoms with Crippen LogP contribution in [0.3, 0.4) is 0 Å². The number of hydrogen-bond acceptors (Lipinski definition) is 3. The Bertz CT molecular complexity index is 229. The Kier molecular flexibility index (Phi) is 5.01. The molecule has 0 aromatic rings. The van der Waals surface area contributed by atoms with Gasteiger partial charge in [-0.25, -0.2) is 0 Å². The van der Waals surface area contributed by atoms with Crippen LogP contribution in [-0.4, -0.2) is 30.7 Å². The van der Waals surface area contributed by atoms with Gasteiger partial charge in [0.15, 0.2) is 0 Å². The van der Waals surface area contributed by atoms with E-state index >= 15 is 0 Å². The van der Waals surface area contributed by atoms with Crippen molar-refractivity contribution >= 4 is 23.1 Å². The molecule has 0 aliphatic carbocycles. The Labute approximate surface area is 90.2 Å². The molecule has 0 aliphatic heterocycles. The zero-order valence-corrected chi connectivity index (χ0v) is 9.90. The lowest BCUT2D eigenvalue weighted by Crippen LogP contribution is -2.46. The molecule has 0 heterocycles. The van der Waals surface area contributed by atoms with Gasteiger partial charge in [-0.1, -0.05) is 12.2 Å². The molecule has 0 saturated heterocycles. The largest absolute Gasteiger partial charge is 0.392 e. The van der Waals surface area contributed by atoms with Gasteiger partial charge in [0.2, 0.25) is 5.91 Å². The molecule has 1 unspecified atom stereocenters. The maximum atomic E-state index is 11.6. The van der Waals surface area contributed by atoms with Crippen LogP contribution in [0.2, 0.25) is 0 Å². The Morgan fingerprint density at radius 1 is 1.64 bits per heavy atom. The van der Waals surface area contributed by atoms with Crippen molar-refractivity contribution in [3.63, 3.8) is 0 Å². The molecule has 3 N–H and O–H groups in total. The second-order valence-corrected chi connectivity index (χ2v) is 4.19. The number of nitrogens with one attached hydrogen (secondary N) is 1. The molecule has 0 aromatic heterocycles. The first-order valence-corrected chi connectivity index (χ1v) is 4.84. The molecule has 5 heteroatoms. The van der Waals surface area contributed by atoms with Crippen LogP contribution in [0.1, 0.15) is 20.8 Å². The highest BCUT2D eigenvalue weighted by molar-refractivity contribution is 7.80. The van der Waals surface area contributed by atoms with Gasteiger partial charge in [-0.15, -0.1) is 0 Å². The van der Waals surface area contributed by atoms with Crippen LogP contribution in [0.15, 0.2) is 0 Å². The van der Waals surface area contributed by atoms with E-state index in [0.29, 0.717) is 6.54 Å². The zero-order chi connectivity index (χ0) is 11.4. The van der Waals surface area contributed by atoms with Crippen molar-refractivity contribution in [2.24, 2.45) is 11.1 Å². The van der Waals surface area contributed by atoms with E-state index in [1.165, 1.54) is 0 Å². The van der Waals surface area contributed by atoms with Gasteiger partial charge in [-0.05, 0) is 20.8 Å². The molecule has 0 fully saturated rings. The van der Waals surface area contributed by atoms with E-state index in [4.69, 9.17) is 22.7 Å². The molecule has 1 atom stereocenters. The third-order valence-electron chi connectivity index (χ3n) is 2.14. The number of rotatable bonds is 5. The Balaban J connectivity index is 4.15. The van der Waals surface area contributed by atoms with E-state index in [1.807, 2.05) is 6.92 Å². The summed E-state index contributed by atoms with van der Waals surface area (Å²) in [6.45, 7) is 5.72. The monoisotopic (exact) mass is 218 g/mol. The topological polar surface area (TPSA) is 64.3 Å². The van der Waals surface area contributed by atoms with Crippen molar-refractivity contribution in [3.8, 4) is 0 Å². The van der Waals surface area contributed by atoms with Crippen LogP contribution in [0.4, 0.5) is 0 Å². The molecule has 1 amide bonds. The first-order chi connectivity index (χ1) is 6.32. The molecule has 14 heavy (non-hydrogen) atoms. The summed E-state index contributed by atoms with van der Waals surface area (Å²) < 4.78 is 4.99. The fraction of sp³-hybridized carbons (Fsp3) is 0.778. The number of nitrogens with two attached hydrogens (primary N) is 1. The summed E-state index contributed by atoms with van der Waals surface area (Å²) in [6, 6.07) is 0. The van der Waals surface area contributed by atoms with Crippen molar-refractivity contribution in [3.05, 3.63) is 0 Å². The van der Waals surface area contributed by atoms with Gasteiger partial charge in [0.1, 0.15) is 0 Å². The minimum Gasteiger partial charge on any atom is -0.392 e. The molecule has 0 radical (unpaired) electrons. The van der Waals surface area contributed by atoms with Gasteiger partial charge in [-0.2, -0.15) is 0 Å². The summed E-state index contributed by atoms with van der Waals surface area (Å²) in [7, 11) is 1.59. The molecule has 0 rings (SSSR count). The molecule has 0 bridgehead atoms. The summed E-state index contributed by atoms with van der Waals surface area (Å²) in [5, 5.41) is 2.72. The van der Waals surface area contributed by atoms with Crippen LogP contribution < -0.4 is 11.1 Å². The SMILES string of the molecule is COC(C)CNC(=O)C(C)(C)C(N)=S. The normalized spacial score (nSPS) is 13.4. The Hall–Kier alpha value is -0.680. The molecule has 0 spiro atoms. The Morgan fingerprint density at radius 3 is 2.50 bits per heavy atom. The molecule has 82 valence electrons. The second-order valence-electron chi connectivity index (χ2n) is 3.75. The summed E-state index contributed by atoms with van der Waals surface area (Å²) in [5.74, 6) is -0.172. The molecular weight excluding hydrogens is 200 g/mol. The second kappa shape index (κ2) is 5.26. The highest BCUT2D eigenvalue weighted by atomic mass is 32.1. The minimum atomic E-state index is -0.803. The predicted octanol–water partition coefficient (Wildman–Crippen LogP) is 0.450. The third kappa shape index (κ3) is 3.59. The fourth-order valence-electron chi connectivity index (χ4n) is 0.653. The minimum absolute atomic E-state index is 0.0129. The first kappa shape index (κ1) is 13.3. The van der Waals surface area contributed by atoms with Crippen LogP contribution in [0.25, 0.3) is 0 Å². The van der Waals surface area contributed by atoms with Crippen LogP contribution in [0.5, 0.6) is 0 Å². The lowest BCUT2D eigenvalue weighted by atomic mass is 9.92. The lowest BCUT2D eigenvalue weighted by molar-refractivity contribution is -0.126. The number of carbonyl (C=O) groups excluding carboxylic acids is 1. The number of methoxy groups -OCH3 is 1. The molecule has 4 nitrogen and oxygen atoms in total. The Morgan fingerprint density at radius 2 is 2.14 bits per heavy atom. The highest BCUT2D eigenvalue weighted by Gasteiger charge is 2.30. The number of thiocarbonyl (C=S) groups is 1. The van der Waals surface area contributed by atoms with Gasteiger partial charge in [-0.3, -0.25) is 4.79 Å². The third-order valence-corrected chi connectivity index (χ3v) is 2.65. The van der Waals surface area contributed by atoms with Crippen LogP contribution >= 0.6 is 12.2 Å². The number of hydrogen-bond donors (Lipinski definition) is 2. The number of ether oxygens (including phenoxy) is 1. The molecule has 0 aliphatic rings. The molecule has 0 saturated carbocycles. The first-order valence-electron chi connectivity index (χ1n) is 4.43. The van der Waals surface area contributed by atoms with Crippen molar-refractivity contribution in [1.29, 1.82) is 0 Å². The van der Waals surface area contributed by atoms with Crippen molar-refractivity contribution < 1.29 is 9.53 Å². The average molecular weight is 218 g/mol. The zero-order valence-electron chi connectivity index (χ0n) is 9.09. The lowest BCUT2D eigenvalue weighted by Gasteiger charge is -2.22. The molecule has 0 aromatic carbocycles. The quantitative estimate of drug-likeness (QED) is 0.658. The van der Waals surface area contributed by atoms with E-state index in [1.54, 1.807) is 21.0 Å². The summed E-state index contributed by atoms with van der Waals surface area (Å²) in [6.07, 6.45) is -0.0129. The van der Waals surface area contributed by atoms with Crippen LogP contribution in [-0.2, 0) is 9.53 Å². The van der Waals surface area contributed by atoms with Crippen molar-refractivity contribution in [1.82, 2.24) is 5.32 Å².